The zero-order valence-corrected chi connectivity index (χ0v) is 18.9. The van der Waals surface area contributed by atoms with Crippen LogP contribution in [0, 0.1) is 0 Å². The van der Waals surface area contributed by atoms with Gasteiger partial charge in [0.25, 0.3) is 0 Å². The number of rotatable bonds is 6. The second kappa shape index (κ2) is 11.0. The molecule has 0 aliphatic heterocycles. The largest absolute Gasteiger partial charge is 0.488 e. The molecule has 0 unspecified atom stereocenters. The highest BCUT2D eigenvalue weighted by Crippen LogP contribution is 2.22. The number of halogens is 1. The quantitative estimate of drug-likeness (QED) is 0.372. The number of hydrogen-bond donors (Lipinski definition) is 2. The van der Waals surface area contributed by atoms with Crippen LogP contribution >= 0.6 is 24.0 Å². The molecule has 0 aliphatic rings. The minimum Gasteiger partial charge on any atom is -0.488 e. The van der Waals surface area contributed by atoms with E-state index >= 15 is 0 Å². The zero-order chi connectivity index (χ0) is 19.0. The molecule has 27 heavy (non-hydrogen) atoms. The topological polar surface area (TPSA) is 67.8 Å². The Labute approximate surface area is 178 Å². The number of aromatic nitrogens is 1. The lowest BCUT2D eigenvalue weighted by Gasteiger charge is -2.23. The van der Waals surface area contributed by atoms with Gasteiger partial charge in [0.2, 0.25) is 5.88 Å². The molecule has 0 saturated carbocycles. The van der Waals surface area contributed by atoms with E-state index in [-0.39, 0.29) is 29.6 Å². The summed E-state index contributed by atoms with van der Waals surface area (Å²) in [5.41, 5.74) is 1.89. The van der Waals surface area contributed by atoms with Crippen LogP contribution in [-0.2, 0) is 13.1 Å². The molecule has 0 fully saturated rings. The van der Waals surface area contributed by atoms with E-state index in [9.17, 15) is 0 Å². The summed E-state index contributed by atoms with van der Waals surface area (Å²) in [6.45, 7) is 7.37. The highest BCUT2D eigenvalue weighted by atomic mass is 127. The Balaban J connectivity index is 0.00000364. The molecule has 0 aliphatic carbocycles. The minimum absolute atomic E-state index is 0. The number of benzene rings is 1. The Morgan fingerprint density at radius 3 is 2.37 bits per heavy atom. The average molecular weight is 484 g/mol. The number of hydrogen-bond acceptors (Lipinski definition) is 4. The summed E-state index contributed by atoms with van der Waals surface area (Å²) in [6, 6.07) is 11.8. The van der Waals surface area contributed by atoms with Gasteiger partial charge >= 0.3 is 0 Å². The molecule has 7 heteroatoms. The van der Waals surface area contributed by atoms with Crippen molar-refractivity contribution >= 4 is 29.9 Å². The van der Waals surface area contributed by atoms with Gasteiger partial charge in [-0.05, 0) is 32.4 Å². The number of methoxy groups -OCH3 is 1. The molecular formula is C20H29IN4O2. The molecule has 1 aromatic carbocycles. The van der Waals surface area contributed by atoms with E-state index < -0.39 is 0 Å². The number of nitrogens with zero attached hydrogens (tertiary/aromatic N) is 2. The van der Waals surface area contributed by atoms with Crippen molar-refractivity contribution in [2.24, 2.45) is 4.99 Å². The third-order valence-electron chi connectivity index (χ3n) is 3.53. The Bertz CT molecular complexity index is 728. The van der Waals surface area contributed by atoms with Crippen molar-refractivity contribution in [3.63, 3.8) is 0 Å². The van der Waals surface area contributed by atoms with Gasteiger partial charge < -0.3 is 20.1 Å². The highest BCUT2D eigenvalue weighted by molar-refractivity contribution is 14.0. The molecule has 2 N–H and O–H groups in total. The van der Waals surface area contributed by atoms with E-state index in [1.165, 1.54) is 0 Å². The SMILES string of the molecule is CN=C(NCc1ccc(OC)nc1)NCc1ccccc1OC(C)(C)C.I. The third kappa shape index (κ3) is 8.03. The first-order chi connectivity index (χ1) is 12.4. The zero-order valence-electron chi connectivity index (χ0n) is 16.6. The van der Waals surface area contributed by atoms with Crippen LogP contribution in [0.25, 0.3) is 0 Å². The number of guanidine groups is 1. The maximum Gasteiger partial charge on any atom is 0.212 e. The lowest BCUT2D eigenvalue weighted by molar-refractivity contribution is 0.129. The molecule has 0 spiro atoms. The maximum atomic E-state index is 6.03. The van der Waals surface area contributed by atoms with E-state index in [1.54, 1.807) is 20.4 Å². The van der Waals surface area contributed by atoms with Crippen LogP contribution in [0.3, 0.4) is 0 Å². The van der Waals surface area contributed by atoms with Gasteiger partial charge in [-0.25, -0.2) is 4.98 Å². The van der Waals surface area contributed by atoms with E-state index in [4.69, 9.17) is 9.47 Å². The summed E-state index contributed by atoms with van der Waals surface area (Å²) in [4.78, 5) is 8.47. The summed E-state index contributed by atoms with van der Waals surface area (Å²) >= 11 is 0. The second-order valence-electron chi connectivity index (χ2n) is 6.81. The maximum absolute atomic E-state index is 6.03. The molecular weight excluding hydrogens is 455 g/mol. The highest BCUT2D eigenvalue weighted by Gasteiger charge is 2.14. The van der Waals surface area contributed by atoms with Crippen molar-refractivity contribution in [1.29, 1.82) is 0 Å². The first-order valence-electron chi connectivity index (χ1n) is 8.61. The predicted molar refractivity (Wildman–Crippen MR) is 120 cm³/mol. The Hall–Kier alpha value is -2.03. The molecule has 1 aromatic heterocycles. The second-order valence-corrected chi connectivity index (χ2v) is 6.81. The molecule has 0 amide bonds. The number of ether oxygens (including phenoxy) is 2. The van der Waals surface area contributed by atoms with Gasteiger partial charge in [0.15, 0.2) is 5.96 Å². The molecule has 0 radical (unpaired) electrons. The first-order valence-corrected chi connectivity index (χ1v) is 8.61. The van der Waals surface area contributed by atoms with Gasteiger partial charge in [0, 0.05) is 38.0 Å². The van der Waals surface area contributed by atoms with Crippen molar-refractivity contribution < 1.29 is 9.47 Å². The van der Waals surface area contributed by atoms with Crippen molar-refractivity contribution in [3.8, 4) is 11.6 Å². The molecule has 148 valence electrons. The van der Waals surface area contributed by atoms with Crippen LogP contribution in [0.4, 0.5) is 0 Å². The van der Waals surface area contributed by atoms with Gasteiger partial charge in [0.05, 0.1) is 7.11 Å². The van der Waals surface area contributed by atoms with Crippen molar-refractivity contribution in [2.75, 3.05) is 14.2 Å². The van der Waals surface area contributed by atoms with Crippen LogP contribution in [-0.4, -0.2) is 30.7 Å². The van der Waals surface area contributed by atoms with Gasteiger partial charge in [-0.2, -0.15) is 0 Å². The molecule has 6 nitrogen and oxygen atoms in total. The third-order valence-corrected chi connectivity index (χ3v) is 3.53. The summed E-state index contributed by atoms with van der Waals surface area (Å²) in [5.74, 6) is 2.19. The van der Waals surface area contributed by atoms with E-state index in [1.807, 2.05) is 51.1 Å². The predicted octanol–water partition coefficient (Wildman–Crippen LogP) is 3.75. The number of para-hydroxylation sites is 1. The molecule has 2 rings (SSSR count). The van der Waals surface area contributed by atoms with Gasteiger partial charge in [-0.1, -0.05) is 24.3 Å². The summed E-state index contributed by atoms with van der Waals surface area (Å²) < 4.78 is 11.1. The summed E-state index contributed by atoms with van der Waals surface area (Å²) in [7, 11) is 3.35. The van der Waals surface area contributed by atoms with Crippen LogP contribution in [0.5, 0.6) is 11.6 Å². The van der Waals surface area contributed by atoms with Gasteiger partial charge in [0.1, 0.15) is 11.4 Å². The molecule has 0 bridgehead atoms. The Morgan fingerprint density at radius 2 is 1.78 bits per heavy atom. The van der Waals surface area contributed by atoms with Crippen LogP contribution < -0.4 is 20.1 Å². The van der Waals surface area contributed by atoms with E-state index in [0.717, 1.165) is 16.9 Å². The van der Waals surface area contributed by atoms with Gasteiger partial charge in [-0.3, -0.25) is 4.99 Å². The van der Waals surface area contributed by atoms with Gasteiger partial charge in [-0.15, -0.1) is 24.0 Å². The van der Waals surface area contributed by atoms with Crippen LogP contribution in [0.15, 0.2) is 47.6 Å². The average Bonchev–Trinajstić information content (AvgIpc) is 2.62. The molecule has 1 heterocycles. The van der Waals surface area contributed by atoms with Crippen molar-refractivity contribution in [1.82, 2.24) is 15.6 Å². The number of aliphatic imine (C=N–C) groups is 1. The van der Waals surface area contributed by atoms with E-state index in [0.29, 0.717) is 24.9 Å². The van der Waals surface area contributed by atoms with E-state index in [2.05, 4.69) is 26.7 Å². The lowest BCUT2D eigenvalue weighted by atomic mass is 10.1. The molecule has 2 aromatic rings. The Morgan fingerprint density at radius 1 is 1.07 bits per heavy atom. The fraction of sp³-hybridized carbons (Fsp3) is 0.400. The number of nitrogens with one attached hydrogen (secondary N) is 2. The summed E-state index contributed by atoms with van der Waals surface area (Å²) in [5, 5.41) is 6.60. The fourth-order valence-corrected chi connectivity index (χ4v) is 2.30. The number of pyridine rings is 1. The molecule has 0 saturated heterocycles. The smallest absolute Gasteiger partial charge is 0.212 e. The normalized spacial score (nSPS) is 11.4. The minimum atomic E-state index is -0.239. The lowest BCUT2D eigenvalue weighted by Crippen LogP contribution is -2.36. The standard InChI is InChI=1S/C20H28N4O2.HI/c1-20(2,3)26-17-9-7-6-8-16(17)14-24-19(21-4)23-13-15-10-11-18(25-5)22-12-15;/h6-12H,13-14H2,1-5H3,(H2,21,23,24);1H. The van der Waals surface area contributed by atoms with Crippen LogP contribution in [0.2, 0.25) is 0 Å². The Kier molecular flexibility index (Phi) is 9.34. The van der Waals surface area contributed by atoms with Crippen molar-refractivity contribution in [3.05, 3.63) is 53.7 Å². The van der Waals surface area contributed by atoms with Crippen molar-refractivity contribution in [2.45, 2.75) is 39.5 Å². The first kappa shape index (κ1) is 23.0. The fourth-order valence-electron chi connectivity index (χ4n) is 2.30. The van der Waals surface area contributed by atoms with Crippen LogP contribution in [0.1, 0.15) is 31.9 Å². The molecule has 0 atom stereocenters. The summed E-state index contributed by atoms with van der Waals surface area (Å²) in [6.07, 6.45) is 1.78. The monoisotopic (exact) mass is 484 g/mol.